The molecule has 0 aliphatic heterocycles. The second kappa shape index (κ2) is 5.04. The van der Waals surface area contributed by atoms with Gasteiger partial charge in [0.25, 0.3) is 0 Å². The first-order valence-corrected chi connectivity index (χ1v) is 6.90. The molecular formula is C17H18FN. The molecule has 0 saturated carbocycles. The van der Waals surface area contributed by atoms with Gasteiger partial charge < -0.3 is 5.32 Å². The Kier molecular flexibility index (Phi) is 3.24. The molecule has 0 fully saturated rings. The van der Waals surface area contributed by atoms with Crippen LogP contribution in [-0.2, 0) is 12.8 Å². The summed E-state index contributed by atoms with van der Waals surface area (Å²) in [5.74, 6) is -0.132. The lowest BCUT2D eigenvalue weighted by molar-refractivity contribution is 0.626. The number of hydrogen-bond acceptors (Lipinski definition) is 1. The molecule has 0 saturated heterocycles. The Labute approximate surface area is 113 Å². The van der Waals surface area contributed by atoms with E-state index in [1.54, 1.807) is 12.1 Å². The molecule has 1 nitrogen and oxygen atoms in total. The minimum atomic E-state index is -0.132. The van der Waals surface area contributed by atoms with Crippen molar-refractivity contribution < 1.29 is 4.39 Å². The lowest BCUT2D eigenvalue weighted by Gasteiger charge is -2.16. The van der Waals surface area contributed by atoms with Crippen molar-refractivity contribution in [3.63, 3.8) is 0 Å². The largest absolute Gasteiger partial charge is 0.378 e. The Hall–Kier alpha value is -1.83. The number of fused-ring (bicyclic) bond motifs is 1. The molecule has 19 heavy (non-hydrogen) atoms. The van der Waals surface area contributed by atoms with E-state index in [1.807, 2.05) is 6.07 Å². The van der Waals surface area contributed by atoms with Gasteiger partial charge in [0.05, 0.1) is 6.04 Å². The fourth-order valence-corrected chi connectivity index (χ4v) is 2.82. The van der Waals surface area contributed by atoms with Gasteiger partial charge in [-0.15, -0.1) is 0 Å². The van der Waals surface area contributed by atoms with Crippen LogP contribution in [0.25, 0.3) is 0 Å². The topological polar surface area (TPSA) is 12.0 Å². The van der Waals surface area contributed by atoms with Crippen LogP contribution >= 0.6 is 0 Å². The van der Waals surface area contributed by atoms with Gasteiger partial charge in [0, 0.05) is 5.69 Å². The second-order valence-electron chi connectivity index (χ2n) is 5.13. The molecule has 0 amide bonds. The molecule has 1 N–H and O–H groups in total. The second-order valence-corrected chi connectivity index (χ2v) is 5.13. The average Bonchev–Trinajstić information content (AvgIpc) is 2.81. The number of aryl methyl sites for hydroxylation is 2. The minimum absolute atomic E-state index is 0.132. The smallest absolute Gasteiger partial charge is 0.123 e. The molecule has 1 atom stereocenters. The first-order chi connectivity index (χ1) is 9.26. The summed E-state index contributed by atoms with van der Waals surface area (Å²) in [5, 5.41) is 3.57. The Balaban J connectivity index is 1.82. The molecule has 0 spiro atoms. The third kappa shape index (κ3) is 2.48. The van der Waals surface area contributed by atoms with Gasteiger partial charge in [-0.1, -0.05) is 25.1 Å². The van der Waals surface area contributed by atoms with Crippen LogP contribution in [0.4, 0.5) is 10.1 Å². The fourth-order valence-electron chi connectivity index (χ4n) is 2.82. The highest BCUT2D eigenvalue weighted by molar-refractivity contribution is 5.50. The highest BCUT2D eigenvalue weighted by atomic mass is 19.1. The summed E-state index contributed by atoms with van der Waals surface area (Å²) in [7, 11) is 0. The van der Waals surface area contributed by atoms with Crippen LogP contribution in [0.5, 0.6) is 0 Å². The SMILES string of the molecule is CCc1cccc(NC2CCc3cc(F)ccc32)c1. The lowest BCUT2D eigenvalue weighted by Crippen LogP contribution is -2.07. The normalized spacial score (nSPS) is 17.3. The monoisotopic (exact) mass is 255 g/mol. The van der Waals surface area contributed by atoms with Crippen LogP contribution in [0.15, 0.2) is 42.5 Å². The zero-order chi connectivity index (χ0) is 13.2. The van der Waals surface area contributed by atoms with Gasteiger partial charge in [0.15, 0.2) is 0 Å². The Bertz CT molecular complexity index is 592. The van der Waals surface area contributed by atoms with Crippen molar-refractivity contribution in [1.82, 2.24) is 0 Å². The Morgan fingerprint density at radius 3 is 2.95 bits per heavy atom. The average molecular weight is 255 g/mol. The van der Waals surface area contributed by atoms with E-state index in [1.165, 1.54) is 11.1 Å². The number of rotatable bonds is 3. The quantitative estimate of drug-likeness (QED) is 0.852. The molecule has 2 aromatic carbocycles. The molecular weight excluding hydrogens is 237 g/mol. The van der Waals surface area contributed by atoms with Gasteiger partial charge in [0.1, 0.15) is 5.82 Å². The van der Waals surface area contributed by atoms with Crippen LogP contribution in [0.3, 0.4) is 0 Å². The zero-order valence-electron chi connectivity index (χ0n) is 11.1. The fraction of sp³-hybridized carbons (Fsp3) is 0.294. The first kappa shape index (κ1) is 12.2. The van der Waals surface area contributed by atoms with E-state index in [9.17, 15) is 4.39 Å². The summed E-state index contributed by atoms with van der Waals surface area (Å²) < 4.78 is 13.2. The molecule has 1 unspecified atom stereocenters. The maximum Gasteiger partial charge on any atom is 0.123 e. The van der Waals surface area contributed by atoms with E-state index >= 15 is 0 Å². The summed E-state index contributed by atoms with van der Waals surface area (Å²) >= 11 is 0. The van der Waals surface area contributed by atoms with Gasteiger partial charge in [-0.3, -0.25) is 0 Å². The summed E-state index contributed by atoms with van der Waals surface area (Å²) in [5.41, 5.74) is 4.87. The van der Waals surface area contributed by atoms with Crippen molar-refractivity contribution in [1.29, 1.82) is 0 Å². The van der Waals surface area contributed by atoms with E-state index < -0.39 is 0 Å². The molecule has 0 aromatic heterocycles. The van der Waals surface area contributed by atoms with Gasteiger partial charge in [-0.2, -0.15) is 0 Å². The van der Waals surface area contributed by atoms with Crippen molar-refractivity contribution in [3.8, 4) is 0 Å². The number of hydrogen-bond donors (Lipinski definition) is 1. The van der Waals surface area contributed by atoms with Crippen LogP contribution in [-0.4, -0.2) is 0 Å². The summed E-state index contributed by atoms with van der Waals surface area (Å²) in [6.45, 7) is 2.16. The van der Waals surface area contributed by atoms with Crippen LogP contribution < -0.4 is 5.32 Å². The van der Waals surface area contributed by atoms with E-state index in [4.69, 9.17) is 0 Å². The maximum absolute atomic E-state index is 13.2. The molecule has 1 aliphatic carbocycles. The van der Waals surface area contributed by atoms with Gasteiger partial charge in [-0.05, 0) is 60.2 Å². The summed E-state index contributed by atoms with van der Waals surface area (Å²) in [6, 6.07) is 14.0. The molecule has 0 radical (unpaired) electrons. The van der Waals surface area contributed by atoms with Crippen molar-refractivity contribution in [3.05, 3.63) is 65.0 Å². The maximum atomic E-state index is 13.2. The van der Waals surface area contributed by atoms with E-state index in [0.29, 0.717) is 6.04 Å². The molecule has 2 heteroatoms. The zero-order valence-corrected chi connectivity index (χ0v) is 11.1. The van der Waals surface area contributed by atoms with Crippen molar-refractivity contribution in [2.45, 2.75) is 32.2 Å². The molecule has 98 valence electrons. The number of anilines is 1. The molecule has 2 aromatic rings. The summed E-state index contributed by atoms with van der Waals surface area (Å²) in [4.78, 5) is 0. The first-order valence-electron chi connectivity index (χ1n) is 6.90. The third-order valence-electron chi connectivity index (χ3n) is 3.86. The van der Waals surface area contributed by atoms with Gasteiger partial charge in [0.2, 0.25) is 0 Å². The van der Waals surface area contributed by atoms with Crippen molar-refractivity contribution >= 4 is 5.69 Å². The van der Waals surface area contributed by atoms with Gasteiger partial charge >= 0.3 is 0 Å². The van der Waals surface area contributed by atoms with Crippen LogP contribution in [0, 0.1) is 5.82 Å². The lowest BCUT2D eigenvalue weighted by atomic mass is 10.1. The van der Waals surface area contributed by atoms with Crippen LogP contribution in [0.2, 0.25) is 0 Å². The number of nitrogens with one attached hydrogen (secondary N) is 1. The highest BCUT2D eigenvalue weighted by Crippen LogP contribution is 2.34. The highest BCUT2D eigenvalue weighted by Gasteiger charge is 2.22. The third-order valence-corrected chi connectivity index (χ3v) is 3.86. The summed E-state index contributed by atoms with van der Waals surface area (Å²) in [6.07, 6.45) is 3.04. The predicted molar refractivity (Wildman–Crippen MR) is 76.9 cm³/mol. The number of halogens is 1. The standard InChI is InChI=1S/C17H18FN/c1-2-12-4-3-5-15(10-12)19-17-9-6-13-11-14(18)7-8-16(13)17/h3-5,7-8,10-11,17,19H,2,6,9H2,1H3. The Morgan fingerprint density at radius 1 is 1.21 bits per heavy atom. The van der Waals surface area contributed by atoms with E-state index in [0.717, 1.165) is 30.5 Å². The van der Waals surface area contributed by atoms with E-state index in [2.05, 4.69) is 36.5 Å². The number of benzene rings is 2. The molecule has 1 aliphatic rings. The molecule has 3 rings (SSSR count). The van der Waals surface area contributed by atoms with Crippen LogP contribution in [0.1, 0.15) is 36.1 Å². The predicted octanol–water partition coefficient (Wildman–Crippen LogP) is 4.49. The molecule has 0 heterocycles. The molecule has 0 bridgehead atoms. The van der Waals surface area contributed by atoms with E-state index in [-0.39, 0.29) is 5.82 Å². The van der Waals surface area contributed by atoms with Crippen molar-refractivity contribution in [2.75, 3.05) is 5.32 Å². The van der Waals surface area contributed by atoms with Crippen molar-refractivity contribution in [2.24, 2.45) is 0 Å². The van der Waals surface area contributed by atoms with Gasteiger partial charge in [-0.25, -0.2) is 4.39 Å². The Morgan fingerprint density at radius 2 is 2.11 bits per heavy atom. The minimum Gasteiger partial charge on any atom is -0.378 e.